The molecule has 1 atom stereocenters. The van der Waals surface area contributed by atoms with E-state index in [0.29, 0.717) is 18.8 Å². The molecule has 0 aliphatic rings. The fourth-order valence-electron chi connectivity index (χ4n) is 3.03. The highest BCUT2D eigenvalue weighted by Crippen LogP contribution is 2.20. The summed E-state index contributed by atoms with van der Waals surface area (Å²) >= 11 is 0. The molecule has 2 amide bonds. The Bertz CT molecular complexity index is 1020. The number of carbonyl (C=O) groups is 2. The predicted octanol–water partition coefficient (Wildman–Crippen LogP) is 3.25. The lowest BCUT2D eigenvalue weighted by Gasteiger charge is -2.22. The summed E-state index contributed by atoms with van der Waals surface area (Å²) in [6.07, 6.45) is 0. The molecule has 0 heterocycles. The molecule has 2 aromatic rings. The quantitative estimate of drug-likeness (QED) is 0.614. The molecular weight excluding hydrogens is 421 g/mol. The number of hydrogen-bond donors (Lipinski definition) is 2. The van der Waals surface area contributed by atoms with Crippen molar-refractivity contribution in [1.29, 1.82) is 0 Å². The van der Waals surface area contributed by atoms with E-state index in [9.17, 15) is 22.4 Å². The molecule has 7 nitrogen and oxygen atoms in total. The summed E-state index contributed by atoms with van der Waals surface area (Å²) in [6.45, 7) is 7.72. The second-order valence-corrected chi connectivity index (χ2v) is 9.25. The molecule has 168 valence electrons. The van der Waals surface area contributed by atoms with Crippen LogP contribution in [0, 0.1) is 11.7 Å². The first-order valence-corrected chi connectivity index (χ1v) is 11.5. The summed E-state index contributed by atoms with van der Waals surface area (Å²) < 4.78 is 39.9. The van der Waals surface area contributed by atoms with Crippen molar-refractivity contribution in [3.05, 3.63) is 59.9 Å². The summed E-state index contributed by atoms with van der Waals surface area (Å²) in [5.74, 6) is -1.70. The molecule has 9 heteroatoms. The number of nitrogens with one attached hydrogen (secondary N) is 2. The number of sulfonamides is 1. The van der Waals surface area contributed by atoms with Gasteiger partial charge in [0.15, 0.2) is 0 Å². The van der Waals surface area contributed by atoms with Gasteiger partial charge in [0.25, 0.3) is 5.91 Å². The molecule has 31 heavy (non-hydrogen) atoms. The van der Waals surface area contributed by atoms with Gasteiger partial charge in [-0.1, -0.05) is 33.8 Å². The van der Waals surface area contributed by atoms with Crippen molar-refractivity contribution in [3.63, 3.8) is 0 Å². The van der Waals surface area contributed by atoms with Gasteiger partial charge in [0.2, 0.25) is 15.9 Å². The van der Waals surface area contributed by atoms with Crippen LogP contribution in [-0.4, -0.2) is 43.7 Å². The van der Waals surface area contributed by atoms with Crippen molar-refractivity contribution in [3.8, 4) is 0 Å². The molecule has 0 aliphatic heterocycles. The first kappa shape index (κ1) is 24.5. The lowest BCUT2D eigenvalue weighted by atomic mass is 10.0. The highest BCUT2D eigenvalue weighted by molar-refractivity contribution is 7.89. The van der Waals surface area contributed by atoms with Crippen LogP contribution in [0.25, 0.3) is 0 Å². The summed E-state index contributed by atoms with van der Waals surface area (Å²) in [5, 5.41) is 5.33. The van der Waals surface area contributed by atoms with E-state index in [4.69, 9.17) is 0 Å². The molecule has 1 unspecified atom stereocenters. The van der Waals surface area contributed by atoms with Gasteiger partial charge in [-0.3, -0.25) is 9.59 Å². The maximum atomic E-state index is 13.1. The number of anilines is 1. The van der Waals surface area contributed by atoms with E-state index in [-0.39, 0.29) is 16.4 Å². The number of halogens is 1. The number of rotatable bonds is 9. The van der Waals surface area contributed by atoms with Crippen LogP contribution >= 0.6 is 0 Å². The molecule has 0 spiro atoms. The van der Waals surface area contributed by atoms with Crippen LogP contribution in [0.4, 0.5) is 10.1 Å². The van der Waals surface area contributed by atoms with Gasteiger partial charge in [0, 0.05) is 24.3 Å². The molecule has 0 bridgehead atoms. The van der Waals surface area contributed by atoms with Crippen LogP contribution in [0.3, 0.4) is 0 Å². The van der Waals surface area contributed by atoms with Gasteiger partial charge in [-0.2, -0.15) is 4.31 Å². The zero-order chi connectivity index (χ0) is 23.2. The number of carbonyl (C=O) groups excluding carboxylic acids is 2. The second kappa shape index (κ2) is 10.5. The van der Waals surface area contributed by atoms with Crippen molar-refractivity contribution >= 4 is 27.5 Å². The summed E-state index contributed by atoms with van der Waals surface area (Å²) in [7, 11) is -3.67. The Morgan fingerprint density at radius 2 is 1.65 bits per heavy atom. The van der Waals surface area contributed by atoms with Gasteiger partial charge in [0.05, 0.1) is 4.90 Å². The van der Waals surface area contributed by atoms with Crippen molar-refractivity contribution in [2.24, 2.45) is 5.92 Å². The monoisotopic (exact) mass is 449 g/mol. The van der Waals surface area contributed by atoms with Gasteiger partial charge in [-0.05, 0) is 48.4 Å². The molecule has 0 aromatic heterocycles. The lowest BCUT2D eigenvalue weighted by molar-refractivity contribution is -0.118. The Morgan fingerprint density at radius 3 is 2.19 bits per heavy atom. The third kappa shape index (κ3) is 6.11. The molecule has 2 rings (SSSR count). The van der Waals surface area contributed by atoms with Crippen LogP contribution in [0.5, 0.6) is 0 Å². The molecule has 0 fully saturated rings. The fraction of sp³-hybridized carbons (Fsp3) is 0.364. The predicted molar refractivity (Wildman–Crippen MR) is 118 cm³/mol. The summed E-state index contributed by atoms with van der Waals surface area (Å²) in [4.78, 5) is 25.4. The standard InChI is InChI=1S/C22H28FN3O4S/c1-5-26(6-2)31(29,30)19-9-7-8-18(14-19)24-22(28)20(15(3)4)25-21(27)16-10-12-17(23)13-11-16/h7-15,20H,5-6H2,1-4H3,(H,24,28)(H,25,27). The third-order valence-electron chi connectivity index (χ3n) is 4.79. The molecule has 2 N–H and O–H groups in total. The lowest BCUT2D eigenvalue weighted by Crippen LogP contribution is -2.47. The van der Waals surface area contributed by atoms with E-state index in [2.05, 4.69) is 10.6 Å². The third-order valence-corrected chi connectivity index (χ3v) is 6.83. The minimum Gasteiger partial charge on any atom is -0.340 e. The number of benzene rings is 2. The normalized spacial score (nSPS) is 12.6. The first-order valence-electron chi connectivity index (χ1n) is 10.1. The van der Waals surface area contributed by atoms with Crippen molar-refractivity contribution in [2.45, 2.75) is 38.6 Å². The van der Waals surface area contributed by atoms with Crippen LogP contribution in [0.2, 0.25) is 0 Å². The van der Waals surface area contributed by atoms with Gasteiger partial charge < -0.3 is 10.6 Å². The van der Waals surface area contributed by atoms with Gasteiger partial charge >= 0.3 is 0 Å². The molecule has 0 saturated heterocycles. The molecule has 0 aliphatic carbocycles. The van der Waals surface area contributed by atoms with E-state index < -0.39 is 33.7 Å². The number of hydrogen-bond acceptors (Lipinski definition) is 4. The van der Waals surface area contributed by atoms with E-state index in [1.54, 1.807) is 39.8 Å². The Morgan fingerprint density at radius 1 is 1.03 bits per heavy atom. The largest absolute Gasteiger partial charge is 0.340 e. The highest BCUT2D eigenvalue weighted by Gasteiger charge is 2.26. The summed E-state index contributed by atoms with van der Waals surface area (Å²) in [5.41, 5.74) is 0.534. The van der Waals surface area contributed by atoms with Crippen molar-refractivity contribution in [2.75, 3.05) is 18.4 Å². The van der Waals surface area contributed by atoms with Crippen molar-refractivity contribution < 1.29 is 22.4 Å². The average molecular weight is 450 g/mol. The first-order chi connectivity index (χ1) is 14.6. The molecule has 0 radical (unpaired) electrons. The maximum absolute atomic E-state index is 13.1. The SMILES string of the molecule is CCN(CC)S(=O)(=O)c1cccc(NC(=O)C(NC(=O)c2ccc(F)cc2)C(C)C)c1. The van der Waals surface area contributed by atoms with Crippen LogP contribution in [-0.2, 0) is 14.8 Å². The van der Waals surface area contributed by atoms with E-state index >= 15 is 0 Å². The topological polar surface area (TPSA) is 95.6 Å². The molecular formula is C22H28FN3O4S. The van der Waals surface area contributed by atoms with E-state index in [1.165, 1.54) is 40.7 Å². The van der Waals surface area contributed by atoms with E-state index in [0.717, 1.165) is 0 Å². The minimum atomic E-state index is -3.67. The van der Waals surface area contributed by atoms with Gasteiger partial charge in [-0.15, -0.1) is 0 Å². The summed E-state index contributed by atoms with van der Waals surface area (Å²) in [6, 6.07) is 10.1. The zero-order valence-corrected chi connectivity index (χ0v) is 18.9. The van der Waals surface area contributed by atoms with Crippen molar-refractivity contribution in [1.82, 2.24) is 9.62 Å². The highest BCUT2D eigenvalue weighted by atomic mass is 32.2. The van der Waals surface area contributed by atoms with E-state index in [1.807, 2.05) is 0 Å². The Balaban J connectivity index is 2.19. The maximum Gasteiger partial charge on any atom is 0.251 e. The smallest absolute Gasteiger partial charge is 0.251 e. The Hall–Kier alpha value is -2.78. The minimum absolute atomic E-state index is 0.0745. The number of nitrogens with zero attached hydrogens (tertiary/aromatic N) is 1. The van der Waals surface area contributed by atoms with Gasteiger partial charge in [-0.25, -0.2) is 12.8 Å². The average Bonchev–Trinajstić information content (AvgIpc) is 2.73. The zero-order valence-electron chi connectivity index (χ0n) is 18.1. The fourth-order valence-corrected chi connectivity index (χ4v) is 4.53. The second-order valence-electron chi connectivity index (χ2n) is 7.31. The Labute approximate surface area is 182 Å². The van der Waals surface area contributed by atoms with Gasteiger partial charge in [0.1, 0.15) is 11.9 Å². The van der Waals surface area contributed by atoms with Crippen LogP contribution in [0.1, 0.15) is 38.1 Å². The molecule has 2 aromatic carbocycles. The van der Waals surface area contributed by atoms with Crippen LogP contribution < -0.4 is 10.6 Å². The number of amides is 2. The molecule has 0 saturated carbocycles. The Kier molecular flexibility index (Phi) is 8.29. The van der Waals surface area contributed by atoms with Crippen LogP contribution in [0.15, 0.2) is 53.4 Å².